The van der Waals surface area contributed by atoms with Gasteiger partial charge in [-0.15, -0.1) is 0 Å². The van der Waals surface area contributed by atoms with Gasteiger partial charge in [-0.1, -0.05) is 19.3 Å². The van der Waals surface area contributed by atoms with Crippen LogP contribution in [-0.4, -0.2) is 39.9 Å². The number of aromatic nitrogens is 3. The molecule has 3 rings (SSSR count). The summed E-state index contributed by atoms with van der Waals surface area (Å²) in [7, 11) is 1.70. The van der Waals surface area contributed by atoms with Gasteiger partial charge in [-0.25, -0.2) is 0 Å². The molecule has 7 heteroatoms. The Kier molecular flexibility index (Phi) is 5.86. The van der Waals surface area contributed by atoms with Crippen LogP contribution < -0.4 is 16.2 Å². The first-order chi connectivity index (χ1) is 12.1. The molecule has 0 aromatic carbocycles. The molecule has 7 nitrogen and oxygen atoms in total. The van der Waals surface area contributed by atoms with E-state index in [4.69, 9.17) is 0 Å². The molecule has 0 aliphatic heterocycles. The smallest absolute Gasteiger partial charge is 0.261 e. The summed E-state index contributed by atoms with van der Waals surface area (Å²) in [5.41, 5.74) is 0.588. The highest BCUT2D eigenvalue weighted by molar-refractivity contribution is 5.81. The Labute approximate surface area is 147 Å². The third-order valence-electron chi connectivity index (χ3n) is 4.96. The minimum absolute atomic E-state index is 0.0925. The molecule has 0 atom stereocenters. The van der Waals surface area contributed by atoms with Crippen molar-refractivity contribution in [2.45, 2.75) is 38.6 Å². The van der Waals surface area contributed by atoms with Crippen LogP contribution in [0.15, 0.2) is 23.3 Å². The molecule has 2 N–H and O–H groups in total. The maximum atomic E-state index is 12.1. The SMILES string of the molecule is Cn1ccc2c(cnn2CC(=O)NCCNCC2CCCCC2)c1=O. The van der Waals surface area contributed by atoms with Gasteiger partial charge in [0, 0.05) is 26.3 Å². The molecule has 1 fully saturated rings. The molecule has 0 bridgehead atoms. The summed E-state index contributed by atoms with van der Waals surface area (Å²) in [6.45, 7) is 2.55. The molecule has 2 aromatic rings. The normalized spacial score (nSPS) is 15.6. The average molecular weight is 345 g/mol. The Bertz CT molecular complexity index is 773. The number of pyridine rings is 1. The van der Waals surface area contributed by atoms with Crippen LogP contribution in [0.2, 0.25) is 0 Å². The standard InChI is InChI=1S/C18H27N5O2/c1-22-10-7-16-15(18(22)25)12-21-23(16)13-17(24)20-9-8-19-11-14-5-3-2-4-6-14/h7,10,12,14,19H,2-6,8-9,11,13H2,1H3,(H,20,24). The van der Waals surface area contributed by atoms with Gasteiger partial charge in [0.05, 0.1) is 17.1 Å². The summed E-state index contributed by atoms with van der Waals surface area (Å²) in [5, 5.41) is 11.0. The van der Waals surface area contributed by atoms with Crippen molar-refractivity contribution in [3.05, 3.63) is 28.8 Å². The molecule has 0 saturated heterocycles. The van der Waals surface area contributed by atoms with Gasteiger partial charge in [-0.05, 0) is 31.4 Å². The zero-order chi connectivity index (χ0) is 17.6. The molecule has 0 spiro atoms. The fourth-order valence-corrected chi connectivity index (χ4v) is 3.48. The predicted molar refractivity (Wildman–Crippen MR) is 97.4 cm³/mol. The summed E-state index contributed by atoms with van der Waals surface area (Å²) in [4.78, 5) is 24.1. The lowest BCUT2D eigenvalue weighted by Crippen LogP contribution is -2.35. The van der Waals surface area contributed by atoms with Crippen molar-refractivity contribution in [2.24, 2.45) is 13.0 Å². The maximum absolute atomic E-state index is 12.1. The first kappa shape index (κ1) is 17.7. The van der Waals surface area contributed by atoms with Crippen LogP contribution in [0.1, 0.15) is 32.1 Å². The van der Waals surface area contributed by atoms with E-state index in [9.17, 15) is 9.59 Å². The number of hydrogen-bond acceptors (Lipinski definition) is 4. The van der Waals surface area contributed by atoms with Gasteiger partial charge in [-0.2, -0.15) is 5.10 Å². The summed E-state index contributed by atoms with van der Waals surface area (Å²) in [6.07, 6.45) is 9.94. The Morgan fingerprint density at radius 2 is 2.08 bits per heavy atom. The topological polar surface area (TPSA) is 81.0 Å². The number of amides is 1. The van der Waals surface area contributed by atoms with E-state index >= 15 is 0 Å². The van der Waals surface area contributed by atoms with Gasteiger partial charge >= 0.3 is 0 Å². The maximum Gasteiger partial charge on any atom is 0.261 e. The number of nitrogens with one attached hydrogen (secondary N) is 2. The van der Waals surface area contributed by atoms with Crippen molar-refractivity contribution in [2.75, 3.05) is 19.6 Å². The van der Waals surface area contributed by atoms with E-state index < -0.39 is 0 Å². The number of nitrogens with zero attached hydrogens (tertiary/aromatic N) is 3. The average Bonchev–Trinajstić information content (AvgIpc) is 3.02. The quantitative estimate of drug-likeness (QED) is 0.734. The molecule has 0 unspecified atom stereocenters. The molecule has 1 saturated carbocycles. The highest BCUT2D eigenvalue weighted by Gasteiger charge is 2.13. The summed E-state index contributed by atoms with van der Waals surface area (Å²) < 4.78 is 3.08. The molecule has 2 heterocycles. The van der Waals surface area contributed by atoms with Gasteiger partial charge < -0.3 is 15.2 Å². The Hall–Kier alpha value is -2.15. The van der Waals surface area contributed by atoms with Crippen LogP contribution in [0.25, 0.3) is 10.9 Å². The second-order valence-corrected chi connectivity index (χ2v) is 6.89. The number of aryl methyl sites for hydroxylation is 1. The molecule has 1 aliphatic carbocycles. The number of rotatable bonds is 7. The summed E-state index contributed by atoms with van der Waals surface area (Å²) in [6, 6.07) is 1.81. The monoisotopic (exact) mass is 345 g/mol. The molecule has 2 aromatic heterocycles. The van der Waals surface area contributed by atoms with Crippen molar-refractivity contribution < 1.29 is 4.79 Å². The van der Waals surface area contributed by atoms with Crippen LogP contribution in [0.5, 0.6) is 0 Å². The van der Waals surface area contributed by atoms with Gasteiger partial charge in [0.15, 0.2) is 0 Å². The van der Waals surface area contributed by atoms with Crippen LogP contribution in [-0.2, 0) is 18.4 Å². The predicted octanol–water partition coefficient (Wildman–Crippen LogP) is 1.02. The van der Waals surface area contributed by atoms with Gasteiger partial charge in [0.1, 0.15) is 6.54 Å². The van der Waals surface area contributed by atoms with Crippen molar-refractivity contribution in [1.29, 1.82) is 0 Å². The zero-order valence-corrected chi connectivity index (χ0v) is 14.8. The van der Waals surface area contributed by atoms with E-state index in [-0.39, 0.29) is 18.0 Å². The minimum Gasteiger partial charge on any atom is -0.353 e. The first-order valence-corrected chi connectivity index (χ1v) is 9.13. The fourth-order valence-electron chi connectivity index (χ4n) is 3.48. The third-order valence-corrected chi connectivity index (χ3v) is 4.96. The third kappa shape index (κ3) is 4.48. The molecule has 1 amide bonds. The van der Waals surface area contributed by atoms with Crippen LogP contribution in [0.3, 0.4) is 0 Å². The molecule has 136 valence electrons. The van der Waals surface area contributed by atoms with E-state index in [0.717, 1.165) is 19.0 Å². The molecule has 1 aliphatic rings. The number of carbonyl (C=O) groups excluding carboxylic acids is 1. The highest BCUT2D eigenvalue weighted by Crippen LogP contribution is 2.22. The lowest BCUT2D eigenvalue weighted by molar-refractivity contribution is -0.121. The van der Waals surface area contributed by atoms with Gasteiger partial charge in [0.25, 0.3) is 5.56 Å². The number of hydrogen-bond donors (Lipinski definition) is 2. The van der Waals surface area contributed by atoms with E-state index in [1.54, 1.807) is 17.9 Å². The lowest BCUT2D eigenvalue weighted by atomic mass is 9.89. The Morgan fingerprint density at radius 3 is 2.88 bits per heavy atom. The van der Waals surface area contributed by atoms with E-state index in [2.05, 4.69) is 15.7 Å². The summed E-state index contributed by atoms with van der Waals surface area (Å²) in [5.74, 6) is 0.702. The van der Waals surface area contributed by atoms with Gasteiger partial charge in [-0.3, -0.25) is 14.3 Å². The van der Waals surface area contributed by atoms with E-state index in [0.29, 0.717) is 17.4 Å². The van der Waals surface area contributed by atoms with Crippen molar-refractivity contribution in [1.82, 2.24) is 25.0 Å². The highest BCUT2D eigenvalue weighted by atomic mass is 16.2. The minimum atomic E-state index is -0.101. The van der Waals surface area contributed by atoms with Crippen LogP contribution in [0.4, 0.5) is 0 Å². The van der Waals surface area contributed by atoms with E-state index in [1.807, 2.05) is 6.07 Å². The summed E-state index contributed by atoms with van der Waals surface area (Å²) >= 11 is 0. The second kappa shape index (κ2) is 8.29. The zero-order valence-electron chi connectivity index (χ0n) is 14.8. The Balaban J connectivity index is 1.42. The van der Waals surface area contributed by atoms with Crippen molar-refractivity contribution in [3.63, 3.8) is 0 Å². The fraction of sp³-hybridized carbons (Fsp3) is 0.611. The molecule has 0 radical (unpaired) electrons. The van der Waals surface area contributed by atoms with E-state index in [1.165, 1.54) is 42.9 Å². The van der Waals surface area contributed by atoms with Crippen molar-refractivity contribution >= 4 is 16.8 Å². The van der Waals surface area contributed by atoms with Crippen LogP contribution in [0, 0.1) is 5.92 Å². The Morgan fingerprint density at radius 1 is 1.28 bits per heavy atom. The van der Waals surface area contributed by atoms with Crippen LogP contribution >= 0.6 is 0 Å². The number of carbonyl (C=O) groups is 1. The lowest BCUT2D eigenvalue weighted by Gasteiger charge is -2.21. The van der Waals surface area contributed by atoms with Gasteiger partial charge in [0.2, 0.25) is 5.91 Å². The molecule has 25 heavy (non-hydrogen) atoms. The first-order valence-electron chi connectivity index (χ1n) is 9.13. The second-order valence-electron chi connectivity index (χ2n) is 6.89. The molecular weight excluding hydrogens is 318 g/mol. The molecular formula is C18H27N5O2. The van der Waals surface area contributed by atoms with Crippen molar-refractivity contribution in [3.8, 4) is 0 Å². The number of fused-ring (bicyclic) bond motifs is 1. The largest absolute Gasteiger partial charge is 0.353 e.